The van der Waals surface area contributed by atoms with Crippen molar-refractivity contribution in [3.63, 3.8) is 0 Å². The molecule has 0 bridgehead atoms. The fraction of sp³-hybridized carbons (Fsp3) is 0.909. The van der Waals surface area contributed by atoms with Gasteiger partial charge in [-0.1, -0.05) is 6.42 Å². The van der Waals surface area contributed by atoms with E-state index in [9.17, 15) is 4.79 Å². The lowest BCUT2D eigenvalue weighted by molar-refractivity contribution is -0.126. The SMILES string of the molecule is CCOCCNC(=O)[C@@H]1CCC[C@@H]1CN.Cl. The molecule has 3 N–H and O–H groups in total. The summed E-state index contributed by atoms with van der Waals surface area (Å²) in [6, 6.07) is 0. The zero-order valence-electron chi connectivity index (χ0n) is 9.91. The van der Waals surface area contributed by atoms with Gasteiger partial charge >= 0.3 is 0 Å². The molecular formula is C11H23ClN2O2. The average molecular weight is 251 g/mol. The largest absolute Gasteiger partial charge is 0.380 e. The van der Waals surface area contributed by atoms with E-state index in [1.54, 1.807) is 0 Å². The molecule has 1 aliphatic rings. The highest BCUT2D eigenvalue weighted by Crippen LogP contribution is 2.30. The second kappa shape index (κ2) is 8.79. The van der Waals surface area contributed by atoms with Crippen molar-refractivity contribution < 1.29 is 9.53 Å². The molecule has 96 valence electrons. The van der Waals surface area contributed by atoms with Crippen LogP contribution < -0.4 is 11.1 Å². The third-order valence-electron chi connectivity index (χ3n) is 3.05. The van der Waals surface area contributed by atoms with E-state index in [-0.39, 0.29) is 24.2 Å². The Bertz CT molecular complexity index is 202. The van der Waals surface area contributed by atoms with Crippen LogP contribution in [0, 0.1) is 11.8 Å². The molecule has 0 aliphatic heterocycles. The van der Waals surface area contributed by atoms with Crippen molar-refractivity contribution in [2.24, 2.45) is 17.6 Å². The molecule has 0 aromatic heterocycles. The summed E-state index contributed by atoms with van der Waals surface area (Å²) in [6.45, 7) is 4.49. The number of nitrogens with one attached hydrogen (secondary N) is 1. The molecule has 1 aliphatic carbocycles. The van der Waals surface area contributed by atoms with Crippen molar-refractivity contribution in [1.82, 2.24) is 5.32 Å². The molecule has 1 rings (SSSR count). The molecule has 1 saturated carbocycles. The second-order valence-corrected chi connectivity index (χ2v) is 4.02. The summed E-state index contributed by atoms with van der Waals surface area (Å²) in [5.74, 6) is 0.677. The predicted molar refractivity (Wildman–Crippen MR) is 66.6 cm³/mol. The van der Waals surface area contributed by atoms with Crippen LogP contribution in [0.5, 0.6) is 0 Å². The molecule has 0 aromatic carbocycles. The minimum absolute atomic E-state index is 0. The molecule has 0 aromatic rings. The lowest BCUT2D eigenvalue weighted by Crippen LogP contribution is -2.36. The van der Waals surface area contributed by atoms with E-state index >= 15 is 0 Å². The fourth-order valence-electron chi connectivity index (χ4n) is 2.19. The molecule has 0 unspecified atom stereocenters. The minimum atomic E-state index is 0. The maximum atomic E-state index is 11.8. The molecule has 2 atom stereocenters. The first-order valence-electron chi connectivity index (χ1n) is 5.85. The van der Waals surface area contributed by atoms with Gasteiger partial charge in [-0.05, 0) is 32.2 Å². The third kappa shape index (κ3) is 4.68. The monoisotopic (exact) mass is 250 g/mol. The van der Waals surface area contributed by atoms with Gasteiger partial charge in [0.2, 0.25) is 5.91 Å². The number of hydrogen-bond acceptors (Lipinski definition) is 3. The Balaban J connectivity index is 0.00000225. The van der Waals surface area contributed by atoms with E-state index in [1.807, 2.05) is 6.92 Å². The Kier molecular flexibility index (Phi) is 8.61. The number of amides is 1. The van der Waals surface area contributed by atoms with E-state index in [4.69, 9.17) is 10.5 Å². The lowest BCUT2D eigenvalue weighted by atomic mass is 9.95. The smallest absolute Gasteiger partial charge is 0.223 e. The fourth-order valence-corrected chi connectivity index (χ4v) is 2.19. The van der Waals surface area contributed by atoms with E-state index < -0.39 is 0 Å². The van der Waals surface area contributed by atoms with Gasteiger partial charge < -0.3 is 15.8 Å². The highest BCUT2D eigenvalue weighted by molar-refractivity contribution is 5.85. The topological polar surface area (TPSA) is 64.3 Å². The van der Waals surface area contributed by atoms with Crippen LogP contribution >= 0.6 is 12.4 Å². The van der Waals surface area contributed by atoms with Crippen molar-refractivity contribution >= 4 is 18.3 Å². The average Bonchev–Trinajstić information content (AvgIpc) is 2.72. The number of rotatable bonds is 6. The predicted octanol–water partition coefficient (Wildman–Crippen LogP) is 0.936. The van der Waals surface area contributed by atoms with Gasteiger partial charge in [0, 0.05) is 19.1 Å². The van der Waals surface area contributed by atoms with Crippen LogP contribution in [0.4, 0.5) is 0 Å². The van der Waals surface area contributed by atoms with E-state index in [2.05, 4.69) is 5.32 Å². The Morgan fingerprint density at radius 3 is 2.88 bits per heavy atom. The summed E-state index contributed by atoms with van der Waals surface area (Å²) >= 11 is 0. The maximum absolute atomic E-state index is 11.8. The summed E-state index contributed by atoms with van der Waals surface area (Å²) < 4.78 is 5.16. The van der Waals surface area contributed by atoms with Crippen molar-refractivity contribution in [3.8, 4) is 0 Å². The molecule has 1 fully saturated rings. The Morgan fingerprint density at radius 1 is 1.50 bits per heavy atom. The highest BCUT2D eigenvalue weighted by atomic mass is 35.5. The van der Waals surface area contributed by atoms with Crippen molar-refractivity contribution in [2.45, 2.75) is 26.2 Å². The molecule has 16 heavy (non-hydrogen) atoms. The van der Waals surface area contributed by atoms with Gasteiger partial charge in [-0.15, -0.1) is 12.4 Å². The first kappa shape index (κ1) is 15.7. The van der Waals surface area contributed by atoms with Crippen LogP contribution in [-0.2, 0) is 9.53 Å². The van der Waals surface area contributed by atoms with Gasteiger partial charge in [0.25, 0.3) is 0 Å². The van der Waals surface area contributed by atoms with Crippen LogP contribution in [0.25, 0.3) is 0 Å². The van der Waals surface area contributed by atoms with Crippen molar-refractivity contribution in [2.75, 3.05) is 26.3 Å². The molecule has 0 heterocycles. The van der Waals surface area contributed by atoms with E-state index in [1.165, 1.54) is 0 Å². The Hall–Kier alpha value is -0.320. The van der Waals surface area contributed by atoms with Crippen molar-refractivity contribution in [1.29, 1.82) is 0 Å². The summed E-state index contributed by atoms with van der Waals surface area (Å²) in [4.78, 5) is 11.8. The van der Waals surface area contributed by atoms with Crippen LogP contribution in [0.3, 0.4) is 0 Å². The minimum Gasteiger partial charge on any atom is -0.380 e. The first-order valence-corrected chi connectivity index (χ1v) is 5.85. The van der Waals surface area contributed by atoms with Gasteiger partial charge in [0.15, 0.2) is 0 Å². The first-order chi connectivity index (χ1) is 7.29. The number of hydrogen-bond donors (Lipinski definition) is 2. The molecule has 1 amide bonds. The molecule has 0 spiro atoms. The highest BCUT2D eigenvalue weighted by Gasteiger charge is 2.31. The second-order valence-electron chi connectivity index (χ2n) is 4.02. The summed E-state index contributed by atoms with van der Waals surface area (Å²) in [7, 11) is 0. The number of ether oxygens (including phenoxy) is 1. The van der Waals surface area contributed by atoms with E-state index in [0.717, 1.165) is 19.3 Å². The summed E-state index contributed by atoms with van der Waals surface area (Å²) in [5, 5.41) is 2.90. The number of halogens is 1. The van der Waals surface area contributed by atoms with Gasteiger partial charge in [-0.2, -0.15) is 0 Å². The van der Waals surface area contributed by atoms with Crippen LogP contribution in [0.1, 0.15) is 26.2 Å². The molecule has 0 radical (unpaired) electrons. The molecule has 5 heteroatoms. The summed E-state index contributed by atoms with van der Waals surface area (Å²) in [6.07, 6.45) is 3.22. The molecule has 4 nitrogen and oxygen atoms in total. The zero-order valence-corrected chi connectivity index (χ0v) is 10.7. The zero-order chi connectivity index (χ0) is 11.1. The van der Waals surface area contributed by atoms with Crippen LogP contribution in [0.2, 0.25) is 0 Å². The standard InChI is InChI=1S/C11H22N2O2.ClH/c1-2-15-7-6-13-11(14)10-5-3-4-9(10)8-12;/h9-10H,2-8,12H2,1H3,(H,13,14);1H/t9-,10-;/m1./s1. The normalized spacial score (nSPS) is 23.9. The number of carbonyl (C=O) groups is 1. The van der Waals surface area contributed by atoms with Gasteiger partial charge in [0.05, 0.1) is 6.61 Å². The number of nitrogens with two attached hydrogens (primary N) is 1. The van der Waals surface area contributed by atoms with E-state index in [0.29, 0.717) is 32.2 Å². The van der Waals surface area contributed by atoms with Gasteiger partial charge in [0.1, 0.15) is 0 Å². The Labute approximate surface area is 104 Å². The van der Waals surface area contributed by atoms with Crippen molar-refractivity contribution in [3.05, 3.63) is 0 Å². The molecular weight excluding hydrogens is 228 g/mol. The third-order valence-corrected chi connectivity index (χ3v) is 3.05. The Morgan fingerprint density at radius 2 is 2.25 bits per heavy atom. The maximum Gasteiger partial charge on any atom is 0.223 e. The van der Waals surface area contributed by atoms with Gasteiger partial charge in [-0.3, -0.25) is 4.79 Å². The van der Waals surface area contributed by atoms with Gasteiger partial charge in [-0.25, -0.2) is 0 Å². The summed E-state index contributed by atoms with van der Waals surface area (Å²) in [5.41, 5.74) is 5.63. The molecule has 0 saturated heterocycles. The lowest BCUT2D eigenvalue weighted by Gasteiger charge is -2.17. The van der Waals surface area contributed by atoms with Crippen LogP contribution in [0.15, 0.2) is 0 Å². The quantitative estimate of drug-likeness (QED) is 0.690. The number of carbonyl (C=O) groups excluding carboxylic acids is 1. The van der Waals surface area contributed by atoms with Crippen LogP contribution in [-0.4, -0.2) is 32.2 Å².